The minimum atomic E-state index is -0.114. The maximum absolute atomic E-state index is 12.5. The van der Waals surface area contributed by atoms with Crippen LogP contribution in [-0.2, 0) is 0 Å². The fourth-order valence-corrected chi connectivity index (χ4v) is 2.49. The molecular formula is C16H12BrN3O. The smallest absolute Gasteiger partial charge is 0.197 e. The molecule has 2 aromatic carbocycles. The topological polar surface area (TPSA) is 60.9 Å². The van der Waals surface area contributed by atoms with Gasteiger partial charge < -0.3 is 5.73 Å². The van der Waals surface area contributed by atoms with E-state index < -0.39 is 0 Å². The van der Waals surface area contributed by atoms with Crippen molar-refractivity contribution < 1.29 is 4.79 Å². The maximum atomic E-state index is 12.5. The standard InChI is InChI=1S/C16H12BrN3O/c17-15-13(7-4-8-14(15)18)16(21)11-9-19-20(10-11)12-5-2-1-3-6-12/h1-10H,18H2. The van der Waals surface area contributed by atoms with Crippen LogP contribution in [0.25, 0.3) is 5.69 Å². The summed E-state index contributed by atoms with van der Waals surface area (Å²) < 4.78 is 2.29. The van der Waals surface area contributed by atoms with Crippen LogP contribution < -0.4 is 5.73 Å². The van der Waals surface area contributed by atoms with Gasteiger partial charge in [0, 0.05) is 17.4 Å². The number of benzene rings is 2. The molecule has 0 aliphatic carbocycles. The van der Waals surface area contributed by atoms with E-state index in [0.717, 1.165) is 5.69 Å². The van der Waals surface area contributed by atoms with E-state index >= 15 is 0 Å². The molecule has 0 radical (unpaired) electrons. The van der Waals surface area contributed by atoms with E-state index in [4.69, 9.17) is 5.73 Å². The predicted octanol–water partition coefficient (Wildman–Crippen LogP) is 3.45. The Morgan fingerprint density at radius 2 is 1.86 bits per heavy atom. The molecule has 0 saturated carbocycles. The number of carbonyl (C=O) groups is 1. The van der Waals surface area contributed by atoms with Crippen molar-refractivity contribution in [2.24, 2.45) is 0 Å². The van der Waals surface area contributed by atoms with Crippen LogP contribution in [0, 0.1) is 0 Å². The Balaban J connectivity index is 1.97. The first kappa shape index (κ1) is 13.6. The van der Waals surface area contributed by atoms with Crippen molar-refractivity contribution in [2.75, 3.05) is 5.73 Å². The first-order valence-corrected chi connectivity index (χ1v) is 7.15. The summed E-state index contributed by atoms with van der Waals surface area (Å²) in [5.41, 5.74) is 8.31. The average molecular weight is 342 g/mol. The Kier molecular flexibility index (Phi) is 3.58. The van der Waals surface area contributed by atoms with Crippen LogP contribution in [0.2, 0.25) is 0 Å². The quantitative estimate of drug-likeness (QED) is 0.586. The fraction of sp³-hybridized carbons (Fsp3) is 0. The van der Waals surface area contributed by atoms with Gasteiger partial charge in [-0.2, -0.15) is 5.10 Å². The van der Waals surface area contributed by atoms with Crippen molar-refractivity contribution in [3.05, 3.63) is 76.5 Å². The monoisotopic (exact) mass is 341 g/mol. The van der Waals surface area contributed by atoms with Crippen molar-refractivity contribution in [3.63, 3.8) is 0 Å². The number of aromatic nitrogens is 2. The van der Waals surface area contributed by atoms with Crippen LogP contribution in [0.15, 0.2) is 65.4 Å². The number of rotatable bonds is 3. The highest BCUT2D eigenvalue weighted by molar-refractivity contribution is 9.10. The summed E-state index contributed by atoms with van der Waals surface area (Å²) in [5, 5.41) is 4.23. The lowest BCUT2D eigenvalue weighted by Crippen LogP contribution is -2.03. The molecule has 1 heterocycles. The summed E-state index contributed by atoms with van der Waals surface area (Å²) in [6, 6.07) is 14.9. The molecule has 1 aromatic heterocycles. The zero-order valence-electron chi connectivity index (χ0n) is 11.0. The van der Waals surface area contributed by atoms with Gasteiger partial charge in [0.15, 0.2) is 5.78 Å². The van der Waals surface area contributed by atoms with E-state index in [1.165, 1.54) is 0 Å². The summed E-state index contributed by atoms with van der Waals surface area (Å²) >= 11 is 3.36. The van der Waals surface area contributed by atoms with Crippen molar-refractivity contribution in [1.82, 2.24) is 9.78 Å². The summed E-state index contributed by atoms with van der Waals surface area (Å²) in [4.78, 5) is 12.5. The van der Waals surface area contributed by atoms with Gasteiger partial charge in [0.25, 0.3) is 0 Å². The molecular weight excluding hydrogens is 330 g/mol. The number of anilines is 1. The van der Waals surface area contributed by atoms with Gasteiger partial charge in [-0.15, -0.1) is 0 Å². The highest BCUT2D eigenvalue weighted by atomic mass is 79.9. The molecule has 0 amide bonds. The molecule has 0 atom stereocenters. The van der Waals surface area contributed by atoms with Crippen LogP contribution in [0.4, 0.5) is 5.69 Å². The molecule has 0 bridgehead atoms. The molecule has 0 aliphatic rings. The van der Waals surface area contributed by atoms with Gasteiger partial charge in [0.1, 0.15) is 0 Å². The number of ketones is 1. The van der Waals surface area contributed by atoms with Crippen molar-refractivity contribution >= 4 is 27.4 Å². The lowest BCUT2D eigenvalue weighted by Gasteiger charge is -2.04. The third-order valence-electron chi connectivity index (χ3n) is 3.14. The van der Waals surface area contributed by atoms with E-state index in [-0.39, 0.29) is 5.78 Å². The third-order valence-corrected chi connectivity index (χ3v) is 4.02. The van der Waals surface area contributed by atoms with Crippen LogP contribution in [0.1, 0.15) is 15.9 Å². The van der Waals surface area contributed by atoms with Gasteiger partial charge in [-0.25, -0.2) is 4.68 Å². The van der Waals surface area contributed by atoms with Crippen LogP contribution in [-0.4, -0.2) is 15.6 Å². The second kappa shape index (κ2) is 5.54. The number of para-hydroxylation sites is 1. The molecule has 21 heavy (non-hydrogen) atoms. The third kappa shape index (κ3) is 2.60. The van der Waals surface area contributed by atoms with Gasteiger partial charge in [-0.05, 0) is 40.2 Å². The van der Waals surface area contributed by atoms with Gasteiger partial charge in [0.2, 0.25) is 0 Å². The van der Waals surface area contributed by atoms with Gasteiger partial charge in [-0.1, -0.05) is 24.3 Å². The highest BCUT2D eigenvalue weighted by Crippen LogP contribution is 2.26. The molecule has 3 rings (SSSR count). The molecule has 0 spiro atoms. The second-order valence-electron chi connectivity index (χ2n) is 4.55. The molecule has 3 aromatic rings. The Bertz CT molecular complexity index is 796. The number of nitrogens with two attached hydrogens (primary N) is 1. The summed E-state index contributed by atoms with van der Waals surface area (Å²) in [6.07, 6.45) is 3.28. The Morgan fingerprint density at radius 1 is 1.10 bits per heavy atom. The number of hydrogen-bond acceptors (Lipinski definition) is 3. The molecule has 0 unspecified atom stereocenters. The molecule has 0 aliphatic heterocycles. The lowest BCUT2D eigenvalue weighted by atomic mass is 10.1. The lowest BCUT2D eigenvalue weighted by molar-refractivity contribution is 0.103. The van der Waals surface area contributed by atoms with E-state index in [1.54, 1.807) is 35.3 Å². The SMILES string of the molecule is Nc1cccc(C(=O)c2cnn(-c3ccccc3)c2)c1Br. The van der Waals surface area contributed by atoms with E-state index in [1.807, 2.05) is 30.3 Å². The van der Waals surface area contributed by atoms with Gasteiger partial charge in [-0.3, -0.25) is 4.79 Å². The first-order valence-electron chi connectivity index (χ1n) is 6.35. The molecule has 0 fully saturated rings. The summed E-state index contributed by atoms with van der Waals surface area (Å²) in [6.45, 7) is 0. The largest absolute Gasteiger partial charge is 0.398 e. The Hall–Kier alpha value is -2.40. The number of carbonyl (C=O) groups excluding carboxylic acids is 1. The van der Waals surface area contributed by atoms with Crippen LogP contribution in [0.5, 0.6) is 0 Å². The normalized spacial score (nSPS) is 10.5. The zero-order valence-corrected chi connectivity index (χ0v) is 12.6. The minimum absolute atomic E-state index is 0.114. The van der Waals surface area contributed by atoms with Crippen molar-refractivity contribution in [1.29, 1.82) is 0 Å². The van der Waals surface area contributed by atoms with Crippen LogP contribution >= 0.6 is 15.9 Å². The number of nitrogens with zero attached hydrogens (tertiary/aromatic N) is 2. The fourth-order valence-electron chi connectivity index (χ4n) is 2.04. The van der Waals surface area contributed by atoms with E-state index in [9.17, 15) is 4.79 Å². The van der Waals surface area contributed by atoms with E-state index in [2.05, 4.69) is 21.0 Å². The molecule has 5 heteroatoms. The van der Waals surface area contributed by atoms with Crippen molar-refractivity contribution in [2.45, 2.75) is 0 Å². The first-order chi connectivity index (χ1) is 10.2. The predicted molar refractivity (Wildman–Crippen MR) is 85.6 cm³/mol. The van der Waals surface area contributed by atoms with Gasteiger partial charge >= 0.3 is 0 Å². The zero-order chi connectivity index (χ0) is 14.8. The Morgan fingerprint density at radius 3 is 2.62 bits per heavy atom. The van der Waals surface area contributed by atoms with Gasteiger partial charge in [0.05, 0.1) is 21.9 Å². The molecule has 2 N–H and O–H groups in total. The summed E-state index contributed by atoms with van der Waals surface area (Å²) in [5.74, 6) is -0.114. The minimum Gasteiger partial charge on any atom is -0.398 e. The highest BCUT2D eigenvalue weighted by Gasteiger charge is 2.16. The average Bonchev–Trinajstić information content (AvgIpc) is 3.00. The molecule has 0 saturated heterocycles. The van der Waals surface area contributed by atoms with Crippen molar-refractivity contribution in [3.8, 4) is 5.69 Å². The maximum Gasteiger partial charge on any atom is 0.197 e. The number of hydrogen-bond donors (Lipinski definition) is 1. The molecule has 104 valence electrons. The molecule has 4 nitrogen and oxygen atoms in total. The Labute approximate surface area is 130 Å². The number of nitrogen functional groups attached to an aromatic ring is 1. The number of halogens is 1. The second-order valence-corrected chi connectivity index (χ2v) is 5.34. The van der Waals surface area contributed by atoms with Crippen LogP contribution in [0.3, 0.4) is 0 Å². The summed E-state index contributed by atoms with van der Waals surface area (Å²) in [7, 11) is 0. The van der Waals surface area contributed by atoms with E-state index in [0.29, 0.717) is 21.3 Å².